The van der Waals surface area contributed by atoms with Crippen LogP contribution in [0.15, 0.2) is 24.3 Å². The van der Waals surface area contributed by atoms with Crippen molar-refractivity contribution in [3.05, 3.63) is 35.4 Å². The number of carboxylic acids is 1. The van der Waals surface area contributed by atoms with Gasteiger partial charge >= 0.3 is 5.97 Å². The van der Waals surface area contributed by atoms with E-state index >= 15 is 0 Å². The fraction of sp³-hybridized carbons (Fsp3) is 0.500. The molecule has 0 amide bonds. The Morgan fingerprint density at radius 3 is 2.50 bits per heavy atom. The van der Waals surface area contributed by atoms with Crippen molar-refractivity contribution in [3.8, 4) is 0 Å². The molecule has 1 aromatic carbocycles. The number of rotatable bonds is 3. The Hall–Kier alpha value is -1.39. The van der Waals surface area contributed by atoms with Crippen LogP contribution in [0.1, 0.15) is 37.0 Å². The number of carbonyl (C=O) groups is 1. The molecule has 1 fully saturated rings. The molecule has 0 bridgehead atoms. The average molecular weight is 249 g/mol. The van der Waals surface area contributed by atoms with E-state index in [1.165, 1.54) is 5.56 Å². The molecular weight excluding hydrogens is 230 g/mol. The van der Waals surface area contributed by atoms with Gasteiger partial charge in [-0.3, -0.25) is 10.1 Å². The molecule has 1 aliphatic heterocycles. The van der Waals surface area contributed by atoms with Crippen LogP contribution in [0, 0.1) is 0 Å². The fourth-order valence-electron chi connectivity index (χ4n) is 2.05. The predicted molar refractivity (Wildman–Crippen MR) is 68.7 cm³/mol. The summed E-state index contributed by atoms with van der Waals surface area (Å²) in [5.74, 6) is -0.343. The zero-order valence-electron chi connectivity index (χ0n) is 10.7. The van der Waals surface area contributed by atoms with Gasteiger partial charge in [-0.1, -0.05) is 38.1 Å². The maximum atomic E-state index is 10.8. The second-order valence-corrected chi connectivity index (χ2v) is 4.94. The number of aliphatic carboxylic acids is 1. The van der Waals surface area contributed by atoms with Gasteiger partial charge in [0.15, 0.2) is 0 Å². The van der Waals surface area contributed by atoms with Gasteiger partial charge in [-0.25, -0.2) is 0 Å². The van der Waals surface area contributed by atoms with Crippen LogP contribution in [-0.4, -0.2) is 30.3 Å². The lowest BCUT2D eigenvalue weighted by Gasteiger charge is -2.28. The molecule has 0 saturated carbocycles. The van der Waals surface area contributed by atoms with Crippen molar-refractivity contribution < 1.29 is 14.6 Å². The Bertz CT molecular complexity index is 406. The van der Waals surface area contributed by atoms with Crippen LogP contribution in [0.2, 0.25) is 0 Å². The third-order valence-electron chi connectivity index (χ3n) is 3.29. The van der Waals surface area contributed by atoms with Crippen molar-refractivity contribution in [1.29, 1.82) is 0 Å². The molecule has 0 spiro atoms. The first kappa shape index (κ1) is 13.1. The van der Waals surface area contributed by atoms with Crippen molar-refractivity contribution in [2.24, 2.45) is 0 Å². The number of hydrogen-bond donors (Lipinski definition) is 2. The zero-order valence-corrected chi connectivity index (χ0v) is 10.7. The van der Waals surface area contributed by atoms with Crippen molar-refractivity contribution in [2.45, 2.75) is 31.9 Å². The Kier molecular flexibility index (Phi) is 3.99. The number of nitrogens with one attached hydrogen (secondary N) is 1. The van der Waals surface area contributed by atoms with Gasteiger partial charge in [-0.15, -0.1) is 0 Å². The Balaban J connectivity index is 1.99. The van der Waals surface area contributed by atoms with Crippen molar-refractivity contribution in [3.63, 3.8) is 0 Å². The van der Waals surface area contributed by atoms with Crippen molar-refractivity contribution >= 4 is 5.97 Å². The molecule has 1 aliphatic rings. The van der Waals surface area contributed by atoms with E-state index in [1.807, 2.05) is 0 Å². The van der Waals surface area contributed by atoms with E-state index in [0.29, 0.717) is 12.5 Å². The number of hydrogen-bond acceptors (Lipinski definition) is 3. The molecule has 0 radical (unpaired) electrons. The molecule has 1 saturated heterocycles. The van der Waals surface area contributed by atoms with Gasteiger partial charge in [0.2, 0.25) is 0 Å². The first-order valence-corrected chi connectivity index (χ1v) is 6.25. The highest BCUT2D eigenvalue weighted by Crippen LogP contribution is 2.22. The Labute approximate surface area is 107 Å². The SMILES string of the molecule is CC(C)c1ccc(C2CNC(C(=O)O)CO2)cc1. The molecule has 4 nitrogen and oxygen atoms in total. The third kappa shape index (κ3) is 2.89. The fourth-order valence-corrected chi connectivity index (χ4v) is 2.05. The number of ether oxygens (including phenoxy) is 1. The van der Waals surface area contributed by atoms with E-state index in [1.54, 1.807) is 0 Å². The normalized spacial score (nSPS) is 24.2. The van der Waals surface area contributed by atoms with E-state index in [9.17, 15) is 4.79 Å². The molecule has 2 rings (SSSR count). The molecule has 98 valence electrons. The number of carboxylic acid groups (broad SMARTS) is 1. The van der Waals surface area contributed by atoms with Gasteiger partial charge < -0.3 is 9.84 Å². The van der Waals surface area contributed by atoms with Crippen molar-refractivity contribution in [2.75, 3.05) is 13.2 Å². The summed E-state index contributed by atoms with van der Waals surface area (Å²) in [5, 5.41) is 11.8. The summed E-state index contributed by atoms with van der Waals surface area (Å²) in [6, 6.07) is 7.74. The van der Waals surface area contributed by atoms with Crippen LogP contribution in [0.5, 0.6) is 0 Å². The van der Waals surface area contributed by atoms with Crippen LogP contribution in [-0.2, 0) is 9.53 Å². The lowest BCUT2D eigenvalue weighted by molar-refractivity contribution is -0.144. The second-order valence-electron chi connectivity index (χ2n) is 4.94. The van der Waals surface area contributed by atoms with E-state index in [4.69, 9.17) is 9.84 Å². The Morgan fingerprint density at radius 2 is 2.06 bits per heavy atom. The maximum absolute atomic E-state index is 10.8. The molecule has 2 unspecified atom stereocenters. The smallest absolute Gasteiger partial charge is 0.323 e. The molecule has 0 aromatic heterocycles. The minimum Gasteiger partial charge on any atom is -0.480 e. The van der Waals surface area contributed by atoms with Gasteiger partial charge in [-0.05, 0) is 17.0 Å². The molecule has 1 heterocycles. The first-order chi connectivity index (χ1) is 8.58. The highest BCUT2D eigenvalue weighted by Gasteiger charge is 2.26. The topological polar surface area (TPSA) is 58.6 Å². The number of benzene rings is 1. The van der Waals surface area contributed by atoms with Gasteiger partial charge in [0, 0.05) is 6.54 Å². The first-order valence-electron chi connectivity index (χ1n) is 6.25. The van der Waals surface area contributed by atoms with Crippen LogP contribution < -0.4 is 5.32 Å². The van der Waals surface area contributed by atoms with Crippen molar-refractivity contribution in [1.82, 2.24) is 5.32 Å². The summed E-state index contributed by atoms with van der Waals surface area (Å²) in [6.45, 7) is 5.07. The van der Waals surface area contributed by atoms with Crippen LogP contribution >= 0.6 is 0 Å². The quantitative estimate of drug-likeness (QED) is 0.859. The molecular formula is C14H19NO3. The standard InChI is InChI=1S/C14H19NO3/c1-9(2)10-3-5-11(6-4-10)13-7-15-12(8-18-13)14(16)17/h3-6,9,12-13,15H,7-8H2,1-2H3,(H,16,17). The molecule has 1 aromatic rings. The molecule has 0 aliphatic carbocycles. The predicted octanol–water partition coefficient (Wildman–Crippen LogP) is 1.92. The third-order valence-corrected chi connectivity index (χ3v) is 3.29. The molecule has 18 heavy (non-hydrogen) atoms. The van der Waals surface area contributed by atoms with E-state index < -0.39 is 12.0 Å². The summed E-state index contributed by atoms with van der Waals surface area (Å²) in [6.07, 6.45) is -0.0539. The largest absolute Gasteiger partial charge is 0.480 e. The monoisotopic (exact) mass is 249 g/mol. The van der Waals surface area contributed by atoms with Gasteiger partial charge in [-0.2, -0.15) is 0 Å². The summed E-state index contributed by atoms with van der Waals surface area (Å²) in [5.41, 5.74) is 2.39. The summed E-state index contributed by atoms with van der Waals surface area (Å²) in [7, 11) is 0. The average Bonchev–Trinajstić information content (AvgIpc) is 2.39. The van der Waals surface area contributed by atoms with Crippen LogP contribution in [0.4, 0.5) is 0 Å². The molecule has 2 atom stereocenters. The van der Waals surface area contributed by atoms with Crippen LogP contribution in [0.25, 0.3) is 0 Å². The van der Waals surface area contributed by atoms with E-state index in [-0.39, 0.29) is 12.7 Å². The van der Waals surface area contributed by atoms with Crippen LogP contribution in [0.3, 0.4) is 0 Å². The maximum Gasteiger partial charge on any atom is 0.323 e. The zero-order chi connectivity index (χ0) is 13.1. The highest BCUT2D eigenvalue weighted by molar-refractivity contribution is 5.73. The number of morpholine rings is 1. The second kappa shape index (κ2) is 5.50. The molecule has 2 N–H and O–H groups in total. The summed E-state index contributed by atoms with van der Waals surface area (Å²) >= 11 is 0. The van der Waals surface area contributed by atoms with Gasteiger partial charge in [0.05, 0.1) is 12.7 Å². The van der Waals surface area contributed by atoms with E-state index in [2.05, 4.69) is 43.4 Å². The minimum atomic E-state index is -0.858. The summed E-state index contributed by atoms with van der Waals surface area (Å²) in [4.78, 5) is 10.8. The molecule has 4 heteroatoms. The van der Waals surface area contributed by atoms with Gasteiger partial charge in [0.25, 0.3) is 0 Å². The lowest BCUT2D eigenvalue weighted by atomic mass is 9.99. The minimum absolute atomic E-state index is 0.0539. The lowest BCUT2D eigenvalue weighted by Crippen LogP contribution is -2.47. The summed E-state index contributed by atoms with van der Waals surface area (Å²) < 4.78 is 5.59. The van der Waals surface area contributed by atoms with Gasteiger partial charge in [0.1, 0.15) is 6.04 Å². The Morgan fingerprint density at radius 1 is 1.39 bits per heavy atom. The van der Waals surface area contributed by atoms with E-state index in [0.717, 1.165) is 5.56 Å². The highest BCUT2D eigenvalue weighted by atomic mass is 16.5.